The van der Waals surface area contributed by atoms with Crippen LogP contribution in [0.5, 0.6) is 0 Å². The van der Waals surface area contributed by atoms with Gasteiger partial charge < -0.3 is 10.2 Å². The quantitative estimate of drug-likeness (QED) is 0.714. The molecule has 6 heteroatoms. The van der Waals surface area contributed by atoms with E-state index in [9.17, 15) is 4.57 Å². The van der Waals surface area contributed by atoms with Crippen LogP contribution in [0, 0.1) is 0 Å². The summed E-state index contributed by atoms with van der Waals surface area (Å²) in [5.74, 6) is 0. The Bertz CT molecular complexity index is 181. The van der Waals surface area contributed by atoms with Gasteiger partial charge in [-0.15, -0.1) is 0 Å². The second-order valence-corrected chi connectivity index (χ2v) is 5.23. The van der Waals surface area contributed by atoms with E-state index in [2.05, 4.69) is 42.1 Å². The second kappa shape index (κ2) is 10.2. The zero-order valence-corrected chi connectivity index (χ0v) is 12.1. The van der Waals surface area contributed by atoms with Gasteiger partial charge in [-0.05, 0) is 13.8 Å². The summed E-state index contributed by atoms with van der Waals surface area (Å²) in [6.07, 6.45) is 0. The lowest BCUT2D eigenvalue weighted by Crippen LogP contribution is -2.29. The zero-order valence-electron chi connectivity index (χ0n) is 11.2. The van der Waals surface area contributed by atoms with E-state index in [1.165, 1.54) is 0 Å². The van der Waals surface area contributed by atoms with Crippen molar-refractivity contribution < 1.29 is 18.5 Å². The summed E-state index contributed by atoms with van der Waals surface area (Å²) in [7, 11) is -3.69. The molecule has 0 unspecified atom stereocenters. The zero-order chi connectivity index (χ0) is 13.2. The summed E-state index contributed by atoms with van der Waals surface area (Å²) in [6.45, 7) is 12.2. The van der Waals surface area contributed by atoms with Crippen molar-refractivity contribution >= 4 is 7.82 Å². The third-order valence-electron chi connectivity index (χ3n) is 1.25. The summed E-state index contributed by atoms with van der Waals surface area (Å²) < 4.78 is 19.2. The highest BCUT2D eigenvalue weighted by Crippen LogP contribution is 2.42. The van der Waals surface area contributed by atoms with E-state index in [1.807, 2.05) is 0 Å². The molecule has 2 N–H and O–H groups in total. The maximum Gasteiger partial charge on any atom is 0.472 e. The third-order valence-corrected chi connectivity index (χ3v) is 2.42. The molecule has 0 aliphatic carbocycles. The van der Waals surface area contributed by atoms with Gasteiger partial charge in [0.05, 0.1) is 13.2 Å². The minimum absolute atomic E-state index is 0.188. The number of hydrogen-bond acceptors (Lipinski definition) is 4. The second-order valence-electron chi connectivity index (χ2n) is 3.78. The van der Waals surface area contributed by atoms with Crippen molar-refractivity contribution in [2.24, 2.45) is 0 Å². The maximum absolute atomic E-state index is 10.5. The molecule has 0 radical (unpaired) electrons. The van der Waals surface area contributed by atoms with Gasteiger partial charge in [-0.1, -0.05) is 27.7 Å². The molecule has 16 heavy (non-hydrogen) atoms. The minimum atomic E-state index is -3.69. The monoisotopic (exact) mass is 255 g/mol. The van der Waals surface area contributed by atoms with E-state index >= 15 is 0 Å². The van der Waals surface area contributed by atoms with E-state index in [0.717, 1.165) is 0 Å². The average Bonchev–Trinajstić information content (AvgIpc) is 2.01. The van der Waals surface area contributed by atoms with Crippen LogP contribution in [0.15, 0.2) is 0 Å². The van der Waals surface area contributed by atoms with Gasteiger partial charge in [0, 0.05) is 12.1 Å². The molecule has 0 aliphatic heterocycles. The van der Waals surface area contributed by atoms with Crippen molar-refractivity contribution in [3.63, 3.8) is 0 Å². The molecule has 0 saturated heterocycles. The summed E-state index contributed by atoms with van der Waals surface area (Å²) in [4.78, 5) is 8.63. The van der Waals surface area contributed by atoms with Crippen molar-refractivity contribution in [2.45, 2.75) is 53.6 Å². The lowest BCUT2D eigenvalue weighted by molar-refractivity contribution is 0.161. The molecule has 0 aromatic heterocycles. The molecule has 5 nitrogen and oxygen atoms in total. The van der Waals surface area contributed by atoms with Gasteiger partial charge in [0.25, 0.3) is 0 Å². The Labute approximate surface area is 99.2 Å². The van der Waals surface area contributed by atoms with E-state index < -0.39 is 7.82 Å². The lowest BCUT2D eigenvalue weighted by Gasteiger charge is -2.10. The van der Waals surface area contributed by atoms with Gasteiger partial charge in [-0.25, -0.2) is 4.57 Å². The van der Waals surface area contributed by atoms with Gasteiger partial charge in [0.2, 0.25) is 0 Å². The summed E-state index contributed by atoms with van der Waals surface area (Å²) in [6, 6.07) is 1.25. The van der Waals surface area contributed by atoms with Gasteiger partial charge in [-0.2, -0.15) is 0 Å². The van der Waals surface area contributed by atoms with Crippen molar-refractivity contribution in [2.75, 3.05) is 13.2 Å². The largest absolute Gasteiger partial charge is 0.472 e. The summed E-state index contributed by atoms with van der Waals surface area (Å²) in [5, 5.41) is 3.31. The van der Waals surface area contributed by atoms with Crippen LogP contribution in [-0.2, 0) is 13.6 Å². The van der Waals surface area contributed by atoms with Crippen LogP contribution >= 0.6 is 7.82 Å². The van der Waals surface area contributed by atoms with Crippen LogP contribution in [0.2, 0.25) is 0 Å². The highest BCUT2D eigenvalue weighted by Gasteiger charge is 2.17. The molecular formula is C10H26NO4P. The summed E-state index contributed by atoms with van der Waals surface area (Å²) in [5.41, 5.74) is 0. The van der Waals surface area contributed by atoms with Crippen molar-refractivity contribution in [3.8, 4) is 0 Å². The van der Waals surface area contributed by atoms with Crippen LogP contribution in [0.1, 0.15) is 41.5 Å². The maximum atomic E-state index is 10.5. The van der Waals surface area contributed by atoms with E-state index in [-0.39, 0.29) is 13.2 Å². The van der Waals surface area contributed by atoms with Gasteiger partial charge in [0.15, 0.2) is 0 Å². The Balaban J connectivity index is 0. The molecule has 0 aromatic rings. The Morgan fingerprint density at radius 3 is 1.50 bits per heavy atom. The van der Waals surface area contributed by atoms with Gasteiger partial charge in [0.1, 0.15) is 0 Å². The van der Waals surface area contributed by atoms with Crippen LogP contribution in [0.3, 0.4) is 0 Å². The SMILES string of the molecule is CC(C)NC(C)C.CCOP(=O)(O)OCC. The van der Waals surface area contributed by atoms with Crippen LogP contribution in [0.25, 0.3) is 0 Å². The van der Waals surface area contributed by atoms with Crippen molar-refractivity contribution in [1.29, 1.82) is 0 Å². The lowest BCUT2D eigenvalue weighted by atomic mass is 10.3. The average molecular weight is 255 g/mol. The predicted octanol–water partition coefficient (Wildman–Crippen LogP) is 2.55. The first-order valence-corrected chi connectivity index (χ1v) is 7.12. The molecule has 0 fully saturated rings. The summed E-state index contributed by atoms with van der Waals surface area (Å²) >= 11 is 0. The molecule has 0 heterocycles. The smallest absolute Gasteiger partial charge is 0.312 e. The number of phosphoric acid groups is 1. The first-order valence-electron chi connectivity index (χ1n) is 5.63. The molecule has 0 amide bonds. The van der Waals surface area contributed by atoms with Gasteiger partial charge >= 0.3 is 7.82 Å². The molecule has 0 rings (SSSR count). The predicted molar refractivity (Wildman–Crippen MR) is 66.5 cm³/mol. The molecule has 0 aliphatic rings. The molecule has 0 aromatic carbocycles. The fourth-order valence-corrected chi connectivity index (χ4v) is 1.76. The Hall–Kier alpha value is 0.0700. The standard InChI is InChI=1S/C6H15N.C4H11O4P/c1-5(2)7-6(3)4;1-3-7-9(5,6)8-4-2/h5-7H,1-4H3;3-4H2,1-2H3,(H,5,6). The molecule has 0 bridgehead atoms. The molecule has 100 valence electrons. The van der Waals surface area contributed by atoms with Gasteiger partial charge in [-0.3, -0.25) is 9.05 Å². The molecular weight excluding hydrogens is 229 g/mol. The first kappa shape index (κ1) is 18.4. The molecule has 0 atom stereocenters. The third kappa shape index (κ3) is 16.5. The fraction of sp³-hybridized carbons (Fsp3) is 1.00. The Morgan fingerprint density at radius 2 is 1.38 bits per heavy atom. The van der Waals surface area contributed by atoms with Crippen molar-refractivity contribution in [1.82, 2.24) is 5.32 Å². The van der Waals surface area contributed by atoms with E-state index in [4.69, 9.17) is 4.89 Å². The van der Waals surface area contributed by atoms with Crippen LogP contribution in [0.4, 0.5) is 0 Å². The highest BCUT2D eigenvalue weighted by molar-refractivity contribution is 7.47. The van der Waals surface area contributed by atoms with Crippen LogP contribution in [-0.4, -0.2) is 30.2 Å². The van der Waals surface area contributed by atoms with E-state index in [1.54, 1.807) is 13.8 Å². The molecule has 0 saturated carbocycles. The number of rotatable bonds is 6. The topological polar surface area (TPSA) is 67.8 Å². The minimum Gasteiger partial charge on any atom is -0.312 e. The first-order chi connectivity index (χ1) is 7.25. The Morgan fingerprint density at radius 1 is 1.06 bits per heavy atom. The van der Waals surface area contributed by atoms with Crippen molar-refractivity contribution in [3.05, 3.63) is 0 Å². The van der Waals surface area contributed by atoms with E-state index in [0.29, 0.717) is 12.1 Å². The number of hydrogen-bond donors (Lipinski definition) is 2. The highest BCUT2D eigenvalue weighted by atomic mass is 31.2. The fourth-order valence-electron chi connectivity index (χ4n) is 1.03. The number of phosphoric ester groups is 1. The Kier molecular flexibility index (Phi) is 11.8. The molecule has 0 spiro atoms. The van der Waals surface area contributed by atoms with Crippen LogP contribution < -0.4 is 5.32 Å². The number of nitrogens with one attached hydrogen (secondary N) is 1. The normalized spacial score (nSPS) is 11.6.